The SMILES string of the molecule is CNC1CCC(Oc2cc(C)ccc2F)C1. The molecule has 1 aliphatic rings. The first-order valence-electron chi connectivity index (χ1n) is 5.79. The molecule has 0 radical (unpaired) electrons. The highest BCUT2D eigenvalue weighted by atomic mass is 19.1. The Morgan fingerprint density at radius 2 is 2.19 bits per heavy atom. The molecule has 0 spiro atoms. The lowest BCUT2D eigenvalue weighted by Crippen LogP contribution is -2.23. The maximum atomic E-state index is 13.5. The zero-order chi connectivity index (χ0) is 11.5. The molecule has 1 N–H and O–H groups in total. The van der Waals surface area contributed by atoms with Gasteiger partial charge in [0.1, 0.15) is 6.10 Å². The Morgan fingerprint density at radius 3 is 2.88 bits per heavy atom. The normalized spacial score (nSPS) is 24.7. The van der Waals surface area contributed by atoms with E-state index in [2.05, 4.69) is 5.32 Å². The van der Waals surface area contributed by atoms with Crippen LogP contribution in [0.1, 0.15) is 24.8 Å². The van der Waals surface area contributed by atoms with Gasteiger partial charge in [-0.15, -0.1) is 0 Å². The minimum atomic E-state index is -0.265. The van der Waals surface area contributed by atoms with Crippen LogP contribution in [-0.4, -0.2) is 19.2 Å². The number of hydrogen-bond acceptors (Lipinski definition) is 2. The Morgan fingerprint density at radius 1 is 1.38 bits per heavy atom. The first-order valence-corrected chi connectivity index (χ1v) is 5.79. The van der Waals surface area contributed by atoms with E-state index in [1.165, 1.54) is 6.07 Å². The molecule has 0 aromatic heterocycles. The molecule has 2 unspecified atom stereocenters. The average molecular weight is 223 g/mol. The molecule has 88 valence electrons. The minimum Gasteiger partial charge on any atom is -0.487 e. The summed E-state index contributed by atoms with van der Waals surface area (Å²) in [6.45, 7) is 1.94. The van der Waals surface area contributed by atoms with E-state index in [1.807, 2.05) is 14.0 Å². The monoisotopic (exact) mass is 223 g/mol. The number of ether oxygens (including phenoxy) is 1. The molecule has 0 amide bonds. The van der Waals surface area contributed by atoms with Crippen molar-refractivity contribution in [3.8, 4) is 5.75 Å². The largest absolute Gasteiger partial charge is 0.487 e. The summed E-state index contributed by atoms with van der Waals surface area (Å²) in [6.07, 6.45) is 3.21. The second-order valence-electron chi connectivity index (χ2n) is 4.47. The molecule has 0 heterocycles. The molecule has 1 aromatic rings. The van der Waals surface area contributed by atoms with Gasteiger partial charge in [0.25, 0.3) is 0 Å². The highest BCUT2D eigenvalue weighted by molar-refractivity contribution is 5.29. The summed E-state index contributed by atoms with van der Waals surface area (Å²) < 4.78 is 19.2. The predicted octanol–water partition coefficient (Wildman–Crippen LogP) is 2.65. The molecule has 0 saturated heterocycles. The average Bonchev–Trinajstić information content (AvgIpc) is 2.71. The topological polar surface area (TPSA) is 21.3 Å². The van der Waals surface area contributed by atoms with Crippen molar-refractivity contribution >= 4 is 0 Å². The van der Waals surface area contributed by atoms with Crippen LogP contribution in [0.5, 0.6) is 5.75 Å². The lowest BCUT2D eigenvalue weighted by Gasteiger charge is -2.15. The highest BCUT2D eigenvalue weighted by Crippen LogP contribution is 2.26. The summed E-state index contributed by atoms with van der Waals surface area (Å²) >= 11 is 0. The Bertz CT molecular complexity index is 367. The molecule has 1 saturated carbocycles. The van der Waals surface area contributed by atoms with E-state index < -0.39 is 0 Å². The molecule has 0 bridgehead atoms. The molecular weight excluding hydrogens is 205 g/mol. The number of hydrogen-bond donors (Lipinski definition) is 1. The van der Waals surface area contributed by atoms with Crippen LogP contribution in [0.4, 0.5) is 4.39 Å². The number of aryl methyl sites for hydroxylation is 1. The third-order valence-electron chi connectivity index (χ3n) is 3.17. The third kappa shape index (κ3) is 2.53. The lowest BCUT2D eigenvalue weighted by atomic mass is 10.2. The molecule has 2 atom stereocenters. The van der Waals surface area contributed by atoms with Crippen molar-refractivity contribution in [3.63, 3.8) is 0 Å². The van der Waals surface area contributed by atoms with Crippen LogP contribution in [0.25, 0.3) is 0 Å². The van der Waals surface area contributed by atoms with Gasteiger partial charge in [-0.25, -0.2) is 4.39 Å². The first kappa shape index (κ1) is 11.4. The lowest BCUT2D eigenvalue weighted by molar-refractivity contribution is 0.197. The molecule has 2 rings (SSSR count). The van der Waals surface area contributed by atoms with Crippen molar-refractivity contribution < 1.29 is 9.13 Å². The second-order valence-corrected chi connectivity index (χ2v) is 4.47. The van der Waals surface area contributed by atoms with Gasteiger partial charge in [0.05, 0.1) is 0 Å². The summed E-state index contributed by atoms with van der Waals surface area (Å²) in [6, 6.07) is 5.50. The number of nitrogens with one attached hydrogen (secondary N) is 1. The van der Waals surface area contributed by atoms with E-state index in [4.69, 9.17) is 4.74 Å². The van der Waals surface area contributed by atoms with Crippen molar-refractivity contribution in [2.24, 2.45) is 0 Å². The van der Waals surface area contributed by atoms with Gasteiger partial charge in [-0.05, 0) is 50.9 Å². The van der Waals surface area contributed by atoms with Gasteiger partial charge in [-0.2, -0.15) is 0 Å². The fourth-order valence-corrected chi connectivity index (χ4v) is 2.19. The maximum Gasteiger partial charge on any atom is 0.165 e. The zero-order valence-electron chi connectivity index (χ0n) is 9.79. The molecular formula is C13H18FNO. The van der Waals surface area contributed by atoms with Crippen molar-refractivity contribution in [1.29, 1.82) is 0 Å². The highest BCUT2D eigenvalue weighted by Gasteiger charge is 2.25. The van der Waals surface area contributed by atoms with Gasteiger partial charge in [-0.1, -0.05) is 6.07 Å². The van der Waals surface area contributed by atoms with E-state index in [9.17, 15) is 4.39 Å². The molecule has 1 aromatic carbocycles. The number of benzene rings is 1. The molecule has 2 nitrogen and oxygen atoms in total. The fourth-order valence-electron chi connectivity index (χ4n) is 2.19. The number of rotatable bonds is 3. The van der Waals surface area contributed by atoms with Crippen LogP contribution in [-0.2, 0) is 0 Å². The van der Waals surface area contributed by atoms with Crippen LogP contribution in [0.15, 0.2) is 18.2 Å². The van der Waals surface area contributed by atoms with Gasteiger partial charge in [0, 0.05) is 6.04 Å². The molecule has 1 aliphatic carbocycles. The van der Waals surface area contributed by atoms with Crippen molar-refractivity contribution in [1.82, 2.24) is 5.32 Å². The Kier molecular flexibility index (Phi) is 3.44. The smallest absolute Gasteiger partial charge is 0.165 e. The molecule has 0 aliphatic heterocycles. The van der Waals surface area contributed by atoms with Crippen molar-refractivity contribution in [3.05, 3.63) is 29.6 Å². The Balaban J connectivity index is 2.01. The zero-order valence-corrected chi connectivity index (χ0v) is 9.79. The van der Waals surface area contributed by atoms with Gasteiger partial charge in [0.15, 0.2) is 11.6 Å². The van der Waals surface area contributed by atoms with Crippen LogP contribution < -0.4 is 10.1 Å². The fraction of sp³-hybridized carbons (Fsp3) is 0.538. The van der Waals surface area contributed by atoms with E-state index in [1.54, 1.807) is 12.1 Å². The maximum absolute atomic E-state index is 13.5. The standard InChI is InChI=1S/C13H18FNO/c1-9-3-6-12(14)13(7-9)16-11-5-4-10(8-11)15-2/h3,6-7,10-11,15H,4-5,8H2,1-2H3. The van der Waals surface area contributed by atoms with Gasteiger partial charge >= 0.3 is 0 Å². The van der Waals surface area contributed by atoms with Crippen molar-refractivity contribution in [2.45, 2.75) is 38.3 Å². The molecule has 3 heteroatoms. The number of halogens is 1. The van der Waals surface area contributed by atoms with Crippen molar-refractivity contribution in [2.75, 3.05) is 7.05 Å². The Hall–Kier alpha value is -1.09. The van der Waals surface area contributed by atoms with Gasteiger partial charge in [-0.3, -0.25) is 0 Å². The van der Waals surface area contributed by atoms with E-state index in [0.717, 1.165) is 24.8 Å². The van der Waals surface area contributed by atoms with Crippen LogP contribution in [0.3, 0.4) is 0 Å². The summed E-state index contributed by atoms with van der Waals surface area (Å²) in [5, 5.41) is 3.23. The molecule has 16 heavy (non-hydrogen) atoms. The van der Waals surface area contributed by atoms with Gasteiger partial charge in [0.2, 0.25) is 0 Å². The predicted molar refractivity (Wildman–Crippen MR) is 62.3 cm³/mol. The van der Waals surface area contributed by atoms with Crippen LogP contribution in [0.2, 0.25) is 0 Å². The molecule has 1 fully saturated rings. The van der Waals surface area contributed by atoms with E-state index >= 15 is 0 Å². The minimum absolute atomic E-state index is 0.147. The third-order valence-corrected chi connectivity index (χ3v) is 3.17. The van der Waals surface area contributed by atoms with Gasteiger partial charge < -0.3 is 10.1 Å². The summed E-state index contributed by atoms with van der Waals surface area (Å²) in [5.41, 5.74) is 1.03. The first-order chi connectivity index (χ1) is 7.69. The summed E-state index contributed by atoms with van der Waals surface area (Å²) in [7, 11) is 1.96. The second kappa shape index (κ2) is 4.83. The summed E-state index contributed by atoms with van der Waals surface area (Å²) in [4.78, 5) is 0. The van der Waals surface area contributed by atoms with Crippen LogP contribution >= 0.6 is 0 Å². The summed E-state index contributed by atoms with van der Waals surface area (Å²) in [5.74, 6) is 0.125. The van der Waals surface area contributed by atoms with E-state index in [-0.39, 0.29) is 11.9 Å². The van der Waals surface area contributed by atoms with E-state index in [0.29, 0.717) is 11.8 Å². The van der Waals surface area contributed by atoms with Crippen LogP contribution in [0, 0.1) is 12.7 Å². The quantitative estimate of drug-likeness (QED) is 0.850. The Labute approximate surface area is 95.8 Å².